The highest BCUT2D eigenvalue weighted by atomic mass is 32.2. The van der Waals surface area contributed by atoms with E-state index in [1.807, 2.05) is 0 Å². The summed E-state index contributed by atoms with van der Waals surface area (Å²) in [6, 6.07) is 0. The van der Waals surface area contributed by atoms with Crippen LogP contribution in [0, 0.1) is 0 Å². The van der Waals surface area contributed by atoms with Gasteiger partial charge in [-0.1, -0.05) is 0 Å². The molecule has 4 heteroatoms. The lowest BCUT2D eigenvalue weighted by atomic mass is 10.3. The topological polar surface area (TPSA) is 51.4 Å². The summed E-state index contributed by atoms with van der Waals surface area (Å²) >= 11 is 1.72. The van der Waals surface area contributed by atoms with E-state index in [4.69, 9.17) is 5.11 Å². The number of nitrogens with zero attached hydrogens (tertiary/aromatic N) is 1. The fourth-order valence-corrected chi connectivity index (χ4v) is 1.93. The van der Waals surface area contributed by atoms with Crippen LogP contribution in [0.15, 0.2) is 0 Å². The summed E-state index contributed by atoms with van der Waals surface area (Å²) in [5.74, 6) is 0.271. The molecule has 1 heterocycles. The van der Waals surface area contributed by atoms with E-state index in [9.17, 15) is 4.79 Å². The Hall–Kier alpha value is -0.220. The summed E-state index contributed by atoms with van der Waals surface area (Å²) in [6.07, 6.45) is 0.258. The zero-order chi connectivity index (χ0) is 7.40. The van der Waals surface area contributed by atoms with Gasteiger partial charge in [0.15, 0.2) is 0 Å². The van der Waals surface area contributed by atoms with E-state index in [1.165, 1.54) is 0 Å². The van der Waals surface area contributed by atoms with Crippen molar-refractivity contribution in [3.63, 3.8) is 0 Å². The number of rotatable bonds is 2. The summed E-state index contributed by atoms with van der Waals surface area (Å²) in [5, 5.41) is 12.8. The van der Waals surface area contributed by atoms with Gasteiger partial charge in [-0.15, -0.1) is 0 Å². The molecule has 1 atom stereocenters. The minimum atomic E-state index is -0.713. The molecule has 1 saturated heterocycles. The van der Waals surface area contributed by atoms with Crippen molar-refractivity contribution in [1.82, 2.24) is 5.32 Å². The molecule has 1 N–H and O–H groups in total. The predicted molar refractivity (Wildman–Crippen MR) is 40.4 cm³/mol. The molecule has 57 valence electrons. The summed E-state index contributed by atoms with van der Waals surface area (Å²) in [5.41, 5.74) is 0. The Morgan fingerprint density at radius 3 is 3.10 bits per heavy atom. The highest BCUT2D eigenvalue weighted by molar-refractivity contribution is 8.00. The van der Waals surface area contributed by atoms with E-state index < -0.39 is 5.97 Å². The number of hydrogen-bond acceptors (Lipinski definition) is 2. The number of hydrogen-bond donors (Lipinski definition) is 1. The second-order valence-electron chi connectivity index (χ2n) is 2.22. The number of carbonyl (C=O) groups is 1. The zero-order valence-corrected chi connectivity index (χ0v) is 6.43. The average Bonchev–Trinajstić information content (AvgIpc) is 1.88. The largest absolute Gasteiger partial charge is 0.481 e. The number of thioether (sulfide) groups is 1. The lowest BCUT2D eigenvalue weighted by Crippen LogP contribution is -2.29. The second-order valence-corrected chi connectivity index (χ2v) is 3.63. The first kappa shape index (κ1) is 7.88. The van der Waals surface area contributed by atoms with Crippen LogP contribution in [-0.2, 0) is 4.79 Å². The lowest BCUT2D eigenvalue weighted by molar-refractivity contribution is -0.136. The third kappa shape index (κ3) is 2.58. The standard InChI is InChI=1S/C6H10NO2S/c8-6(9)3-5-4-7-1-2-10-5/h5H,1-4H2,(H,8,9). The molecule has 0 bridgehead atoms. The molecule has 0 aromatic rings. The van der Waals surface area contributed by atoms with E-state index in [-0.39, 0.29) is 11.7 Å². The maximum Gasteiger partial charge on any atom is 0.304 e. The molecule has 1 fully saturated rings. The van der Waals surface area contributed by atoms with Gasteiger partial charge in [-0.2, -0.15) is 11.8 Å². The highest BCUT2D eigenvalue weighted by Gasteiger charge is 2.16. The maximum absolute atomic E-state index is 10.2. The highest BCUT2D eigenvalue weighted by Crippen LogP contribution is 2.16. The van der Waals surface area contributed by atoms with Crippen molar-refractivity contribution in [1.29, 1.82) is 0 Å². The Balaban J connectivity index is 2.19. The quantitative estimate of drug-likeness (QED) is 0.627. The van der Waals surface area contributed by atoms with Crippen molar-refractivity contribution in [2.75, 3.05) is 18.8 Å². The Kier molecular flexibility index (Phi) is 3.02. The molecule has 0 aromatic heterocycles. The van der Waals surface area contributed by atoms with E-state index in [1.54, 1.807) is 11.8 Å². The molecule has 0 amide bonds. The first-order valence-corrected chi connectivity index (χ1v) is 4.30. The molecule has 0 aliphatic carbocycles. The van der Waals surface area contributed by atoms with Gasteiger partial charge in [0.25, 0.3) is 0 Å². The monoisotopic (exact) mass is 160 g/mol. The van der Waals surface area contributed by atoms with Crippen molar-refractivity contribution >= 4 is 17.7 Å². The molecule has 0 aromatic carbocycles. The summed E-state index contributed by atoms with van der Waals surface area (Å²) < 4.78 is 0. The van der Waals surface area contributed by atoms with Crippen LogP contribution in [-0.4, -0.2) is 35.2 Å². The molecule has 10 heavy (non-hydrogen) atoms. The van der Waals surface area contributed by atoms with Gasteiger partial charge in [0, 0.05) is 24.1 Å². The van der Waals surface area contributed by atoms with Crippen LogP contribution in [0.2, 0.25) is 0 Å². The Bertz CT molecular complexity index is 123. The molecular weight excluding hydrogens is 150 g/mol. The van der Waals surface area contributed by atoms with Crippen LogP contribution in [0.3, 0.4) is 0 Å². The van der Waals surface area contributed by atoms with Crippen molar-refractivity contribution < 1.29 is 9.90 Å². The van der Waals surface area contributed by atoms with E-state index in [0.29, 0.717) is 0 Å². The van der Waals surface area contributed by atoms with Crippen LogP contribution in [0.4, 0.5) is 0 Å². The van der Waals surface area contributed by atoms with Gasteiger partial charge in [0.1, 0.15) is 0 Å². The summed E-state index contributed by atoms with van der Waals surface area (Å²) in [6.45, 7) is 1.61. The Labute approximate surface area is 64.2 Å². The molecular formula is C6H10NO2S. The second kappa shape index (κ2) is 3.83. The normalized spacial score (nSPS) is 26.2. The molecule has 1 rings (SSSR count). The van der Waals surface area contributed by atoms with Gasteiger partial charge in [0.05, 0.1) is 6.42 Å². The SMILES string of the molecule is O=C(O)CC1C[N]CCS1. The van der Waals surface area contributed by atoms with Crippen LogP contribution < -0.4 is 5.32 Å². The first-order chi connectivity index (χ1) is 4.79. The molecule has 0 saturated carbocycles. The van der Waals surface area contributed by atoms with Crippen LogP contribution in [0.5, 0.6) is 0 Å². The van der Waals surface area contributed by atoms with Crippen molar-refractivity contribution in [3.8, 4) is 0 Å². The third-order valence-corrected chi connectivity index (χ3v) is 2.54. The zero-order valence-electron chi connectivity index (χ0n) is 5.62. The number of carboxylic acid groups (broad SMARTS) is 1. The van der Waals surface area contributed by atoms with Gasteiger partial charge >= 0.3 is 5.97 Å². The Morgan fingerprint density at radius 1 is 1.80 bits per heavy atom. The minimum Gasteiger partial charge on any atom is -0.481 e. The van der Waals surface area contributed by atoms with Crippen molar-refractivity contribution in [2.45, 2.75) is 11.7 Å². The van der Waals surface area contributed by atoms with Gasteiger partial charge in [-0.05, 0) is 0 Å². The summed E-state index contributed by atoms with van der Waals surface area (Å²) in [4.78, 5) is 10.2. The molecule has 1 unspecified atom stereocenters. The van der Waals surface area contributed by atoms with E-state index in [2.05, 4.69) is 5.32 Å². The van der Waals surface area contributed by atoms with Gasteiger partial charge in [-0.25, -0.2) is 5.32 Å². The van der Waals surface area contributed by atoms with Crippen LogP contribution >= 0.6 is 11.8 Å². The lowest BCUT2D eigenvalue weighted by Gasteiger charge is -2.18. The van der Waals surface area contributed by atoms with Gasteiger partial charge in [0.2, 0.25) is 0 Å². The van der Waals surface area contributed by atoms with Crippen LogP contribution in [0.1, 0.15) is 6.42 Å². The predicted octanol–water partition coefficient (Wildman–Crippen LogP) is 0.181. The molecule has 0 spiro atoms. The fourth-order valence-electron chi connectivity index (χ4n) is 0.890. The van der Waals surface area contributed by atoms with Crippen LogP contribution in [0.25, 0.3) is 0 Å². The average molecular weight is 160 g/mol. The number of carboxylic acids is 1. The molecule has 1 aliphatic heterocycles. The Morgan fingerprint density at radius 2 is 2.60 bits per heavy atom. The van der Waals surface area contributed by atoms with Gasteiger partial charge < -0.3 is 5.11 Å². The van der Waals surface area contributed by atoms with Crippen molar-refractivity contribution in [2.24, 2.45) is 0 Å². The first-order valence-electron chi connectivity index (χ1n) is 3.25. The fraction of sp³-hybridized carbons (Fsp3) is 0.833. The molecule has 1 aliphatic rings. The molecule has 1 radical (unpaired) electrons. The smallest absolute Gasteiger partial charge is 0.304 e. The maximum atomic E-state index is 10.2. The number of aliphatic carboxylic acids is 1. The summed E-state index contributed by atoms with van der Waals surface area (Å²) in [7, 11) is 0. The van der Waals surface area contributed by atoms with Gasteiger partial charge in [-0.3, -0.25) is 4.79 Å². The third-order valence-electron chi connectivity index (χ3n) is 1.34. The van der Waals surface area contributed by atoms with E-state index >= 15 is 0 Å². The minimum absolute atomic E-state index is 0.228. The van der Waals surface area contributed by atoms with E-state index in [0.717, 1.165) is 18.8 Å². The molecule has 3 nitrogen and oxygen atoms in total. The van der Waals surface area contributed by atoms with Crippen molar-refractivity contribution in [3.05, 3.63) is 0 Å².